The monoisotopic (exact) mass is 228 g/mol. The summed E-state index contributed by atoms with van der Waals surface area (Å²) >= 11 is 0. The van der Waals surface area contributed by atoms with Gasteiger partial charge in [-0.2, -0.15) is 0 Å². The molecule has 1 saturated heterocycles. The third-order valence-corrected chi connectivity index (χ3v) is 3.22. The summed E-state index contributed by atoms with van der Waals surface area (Å²) in [6.45, 7) is 9.32. The van der Waals surface area contributed by atoms with E-state index in [9.17, 15) is 0 Å². The molecule has 0 atom stereocenters. The summed E-state index contributed by atoms with van der Waals surface area (Å²) in [5.41, 5.74) is 5.55. The lowest BCUT2D eigenvalue weighted by molar-refractivity contribution is 0.235. The van der Waals surface area contributed by atoms with Gasteiger partial charge in [0.1, 0.15) is 0 Å². The van der Waals surface area contributed by atoms with Crippen LogP contribution in [0.2, 0.25) is 0 Å². The molecule has 4 heteroatoms. The van der Waals surface area contributed by atoms with Gasteiger partial charge < -0.3 is 20.4 Å². The first-order chi connectivity index (χ1) is 7.72. The number of nitrogens with zero attached hydrogens (tertiary/aromatic N) is 3. The fourth-order valence-electron chi connectivity index (χ4n) is 2.13. The Bertz CT molecular complexity index is 172. The molecule has 1 aliphatic rings. The van der Waals surface area contributed by atoms with Crippen molar-refractivity contribution < 1.29 is 0 Å². The molecule has 4 nitrogen and oxygen atoms in total. The van der Waals surface area contributed by atoms with Gasteiger partial charge in [-0.1, -0.05) is 0 Å². The maximum absolute atomic E-state index is 5.55. The predicted molar refractivity (Wildman–Crippen MR) is 69.7 cm³/mol. The van der Waals surface area contributed by atoms with Crippen molar-refractivity contribution >= 4 is 0 Å². The van der Waals surface area contributed by atoms with E-state index >= 15 is 0 Å². The van der Waals surface area contributed by atoms with E-state index in [1.54, 1.807) is 0 Å². The fourth-order valence-corrected chi connectivity index (χ4v) is 2.13. The first-order valence-electron chi connectivity index (χ1n) is 6.52. The molecule has 0 aromatic rings. The van der Waals surface area contributed by atoms with Crippen LogP contribution in [0.25, 0.3) is 0 Å². The Kier molecular flexibility index (Phi) is 6.96. The third-order valence-electron chi connectivity index (χ3n) is 3.22. The van der Waals surface area contributed by atoms with Crippen LogP contribution in [0.5, 0.6) is 0 Å². The van der Waals surface area contributed by atoms with Gasteiger partial charge >= 0.3 is 0 Å². The van der Waals surface area contributed by atoms with E-state index in [-0.39, 0.29) is 0 Å². The van der Waals surface area contributed by atoms with Gasteiger partial charge in [0.05, 0.1) is 0 Å². The molecule has 0 radical (unpaired) electrons. The molecule has 0 bridgehead atoms. The van der Waals surface area contributed by atoms with E-state index in [0.717, 1.165) is 13.0 Å². The van der Waals surface area contributed by atoms with Gasteiger partial charge in [0, 0.05) is 26.2 Å². The van der Waals surface area contributed by atoms with E-state index in [1.165, 1.54) is 52.2 Å². The molecule has 2 N–H and O–H groups in total. The van der Waals surface area contributed by atoms with Crippen molar-refractivity contribution in [2.45, 2.75) is 12.8 Å². The third kappa shape index (κ3) is 5.80. The minimum atomic E-state index is 0.820. The molecule has 0 amide bonds. The molecule has 0 unspecified atom stereocenters. The molecule has 0 spiro atoms. The van der Waals surface area contributed by atoms with Crippen molar-refractivity contribution in [3.8, 4) is 0 Å². The second-order valence-corrected chi connectivity index (χ2v) is 4.98. The van der Waals surface area contributed by atoms with Gasteiger partial charge in [0.15, 0.2) is 0 Å². The van der Waals surface area contributed by atoms with Gasteiger partial charge in [0.2, 0.25) is 0 Å². The van der Waals surface area contributed by atoms with Gasteiger partial charge in [-0.25, -0.2) is 0 Å². The van der Waals surface area contributed by atoms with Crippen LogP contribution in [0.4, 0.5) is 0 Å². The number of hydrogen-bond donors (Lipinski definition) is 1. The highest BCUT2D eigenvalue weighted by Crippen LogP contribution is 2.03. The Labute approximate surface area is 100 Å². The van der Waals surface area contributed by atoms with Gasteiger partial charge in [0.25, 0.3) is 0 Å². The normalized spacial score (nSPS) is 20.2. The van der Waals surface area contributed by atoms with Crippen LogP contribution in [0, 0.1) is 0 Å². The largest absolute Gasteiger partial charge is 0.330 e. The highest BCUT2D eigenvalue weighted by atomic mass is 15.2. The van der Waals surface area contributed by atoms with Crippen LogP contribution in [-0.4, -0.2) is 81.2 Å². The lowest BCUT2D eigenvalue weighted by Gasteiger charge is -2.22. The van der Waals surface area contributed by atoms with Crippen LogP contribution in [0.15, 0.2) is 0 Å². The average molecular weight is 228 g/mol. The zero-order chi connectivity index (χ0) is 11.8. The van der Waals surface area contributed by atoms with E-state index in [0.29, 0.717) is 0 Å². The maximum atomic E-state index is 5.55. The summed E-state index contributed by atoms with van der Waals surface area (Å²) in [5.74, 6) is 0. The molecule has 0 aromatic carbocycles. The first-order valence-corrected chi connectivity index (χ1v) is 6.52. The number of rotatable bonds is 6. The quantitative estimate of drug-likeness (QED) is 0.689. The average Bonchev–Trinajstić information content (AvgIpc) is 2.48. The second-order valence-electron chi connectivity index (χ2n) is 4.98. The van der Waals surface area contributed by atoms with Gasteiger partial charge in [-0.15, -0.1) is 0 Å². The SMILES string of the molecule is CN(C)CCN1CCCN(CCCN)CC1. The van der Waals surface area contributed by atoms with Crippen LogP contribution >= 0.6 is 0 Å². The van der Waals surface area contributed by atoms with E-state index in [1.807, 2.05) is 0 Å². The lowest BCUT2D eigenvalue weighted by Crippen LogP contribution is -2.35. The molecule has 0 aromatic heterocycles. The van der Waals surface area contributed by atoms with Gasteiger partial charge in [-0.05, 0) is 53.1 Å². The Hall–Kier alpha value is -0.160. The minimum absolute atomic E-state index is 0.820. The standard InChI is InChI=1S/C12H28N4/c1-14(2)9-10-16-8-4-7-15(11-12-16)6-3-5-13/h3-13H2,1-2H3. The van der Waals surface area contributed by atoms with Crippen molar-refractivity contribution in [3.63, 3.8) is 0 Å². The Balaban J connectivity index is 2.18. The number of likely N-dealkylation sites (N-methyl/N-ethyl adjacent to an activating group) is 1. The smallest absolute Gasteiger partial charge is 0.0110 e. The minimum Gasteiger partial charge on any atom is -0.330 e. The zero-order valence-corrected chi connectivity index (χ0v) is 11.0. The molecule has 1 rings (SSSR count). The molecule has 0 aliphatic carbocycles. The van der Waals surface area contributed by atoms with Crippen LogP contribution in [0.3, 0.4) is 0 Å². The molecule has 16 heavy (non-hydrogen) atoms. The summed E-state index contributed by atoms with van der Waals surface area (Å²) in [6, 6.07) is 0. The molecular weight excluding hydrogens is 200 g/mol. The van der Waals surface area contributed by atoms with Crippen LogP contribution in [0.1, 0.15) is 12.8 Å². The molecule has 1 fully saturated rings. The molecule has 0 saturated carbocycles. The number of hydrogen-bond acceptors (Lipinski definition) is 4. The maximum Gasteiger partial charge on any atom is 0.0110 e. The highest BCUT2D eigenvalue weighted by Gasteiger charge is 2.13. The van der Waals surface area contributed by atoms with Crippen LogP contribution in [-0.2, 0) is 0 Å². The Morgan fingerprint density at radius 1 is 1.00 bits per heavy atom. The van der Waals surface area contributed by atoms with Crippen molar-refractivity contribution in [3.05, 3.63) is 0 Å². The molecular formula is C12H28N4. The van der Waals surface area contributed by atoms with Crippen molar-refractivity contribution in [2.75, 3.05) is 66.5 Å². The Morgan fingerprint density at radius 2 is 1.62 bits per heavy atom. The predicted octanol–water partition coefficient (Wildman–Crippen LogP) is -0.0955. The topological polar surface area (TPSA) is 35.7 Å². The van der Waals surface area contributed by atoms with Crippen molar-refractivity contribution in [2.24, 2.45) is 5.73 Å². The van der Waals surface area contributed by atoms with Gasteiger partial charge in [-0.3, -0.25) is 0 Å². The summed E-state index contributed by atoms with van der Waals surface area (Å²) in [5, 5.41) is 0. The second kappa shape index (κ2) is 8.01. The summed E-state index contributed by atoms with van der Waals surface area (Å²) in [4.78, 5) is 7.40. The summed E-state index contributed by atoms with van der Waals surface area (Å²) < 4.78 is 0. The van der Waals surface area contributed by atoms with E-state index in [2.05, 4.69) is 28.8 Å². The molecule has 1 heterocycles. The summed E-state index contributed by atoms with van der Waals surface area (Å²) in [7, 11) is 4.29. The van der Waals surface area contributed by atoms with Crippen molar-refractivity contribution in [1.29, 1.82) is 0 Å². The van der Waals surface area contributed by atoms with Crippen LogP contribution < -0.4 is 5.73 Å². The fraction of sp³-hybridized carbons (Fsp3) is 1.00. The zero-order valence-electron chi connectivity index (χ0n) is 11.0. The molecule has 96 valence electrons. The summed E-state index contributed by atoms with van der Waals surface area (Å²) in [6.07, 6.45) is 2.44. The van der Waals surface area contributed by atoms with E-state index < -0.39 is 0 Å². The van der Waals surface area contributed by atoms with E-state index in [4.69, 9.17) is 5.73 Å². The highest BCUT2D eigenvalue weighted by molar-refractivity contribution is 4.70. The lowest BCUT2D eigenvalue weighted by atomic mass is 10.3. The van der Waals surface area contributed by atoms with Crippen molar-refractivity contribution in [1.82, 2.24) is 14.7 Å². The Morgan fingerprint density at radius 3 is 2.19 bits per heavy atom. The first kappa shape index (κ1) is 13.9. The number of nitrogens with two attached hydrogens (primary N) is 1. The molecule has 1 aliphatic heterocycles.